The Kier molecular flexibility index (Phi) is 6.30. The summed E-state index contributed by atoms with van der Waals surface area (Å²) in [6.07, 6.45) is 1.13. The molecule has 0 saturated carbocycles. The second kappa shape index (κ2) is 7.50. The Balaban J connectivity index is 0.00000200. The third-order valence-corrected chi connectivity index (χ3v) is 3.36. The molecule has 1 fully saturated rings. The second-order valence-electron chi connectivity index (χ2n) is 5.26. The number of amides is 1. The fourth-order valence-corrected chi connectivity index (χ4v) is 2.31. The van der Waals surface area contributed by atoms with E-state index in [2.05, 4.69) is 5.32 Å². The molecule has 0 aliphatic carbocycles. The molecule has 1 atom stereocenters. The predicted octanol–water partition coefficient (Wildman–Crippen LogP) is 2.33. The molecule has 5 heteroatoms. The average Bonchev–Trinajstić information content (AvgIpc) is 2.90. The lowest BCUT2D eigenvalue weighted by atomic mass is 10.1. The maximum atomic E-state index is 12.4. The van der Waals surface area contributed by atoms with Gasteiger partial charge in [-0.1, -0.05) is 6.07 Å². The highest BCUT2D eigenvalue weighted by Gasteiger charge is 2.24. The maximum Gasteiger partial charge on any atom is 0.254 e. The molecule has 1 heterocycles. The van der Waals surface area contributed by atoms with Gasteiger partial charge >= 0.3 is 0 Å². The van der Waals surface area contributed by atoms with E-state index >= 15 is 0 Å². The molecule has 0 radical (unpaired) electrons. The van der Waals surface area contributed by atoms with Crippen LogP contribution in [-0.2, 0) is 0 Å². The van der Waals surface area contributed by atoms with Crippen LogP contribution in [0.25, 0.3) is 0 Å². The first-order valence-electron chi connectivity index (χ1n) is 6.82. The van der Waals surface area contributed by atoms with Crippen LogP contribution in [0.1, 0.15) is 30.6 Å². The van der Waals surface area contributed by atoms with Crippen molar-refractivity contribution in [3.63, 3.8) is 0 Å². The number of nitrogens with one attached hydrogen (secondary N) is 1. The van der Waals surface area contributed by atoms with E-state index in [9.17, 15) is 4.79 Å². The fourth-order valence-electron chi connectivity index (χ4n) is 2.31. The minimum absolute atomic E-state index is 0. The number of carbonyl (C=O) groups excluding carboxylic acids is 1. The number of likely N-dealkylation sites (N-methyl/N-ethyl adjacent to an activating group) is 1. The molecule has 1 aromatic carbocycles. The van der Waals surface area contributed by atoms with Crippen molar-refractivity contribution < 1.29 is 9.53 Å². The Labute approximate surface area is 126 Å². The normalized spacial score (nSPS) is 17.7. The zero-order chi connectivity index (χ0) is 13.8. The summed E-state index contributed by atoms with van der Waals surface area (Å²) in [6.45, 7) is 5.82. The van der Waals surface area contributed by atoms with Crippen LogP contribution in [0.15, 0.2) is 24.3 Å². The third-order valence-electron chi connectivity index (χ3n) is 3.36. The van der Waals surface area contributed by atoms with Crippen molar-refractivity contribution in [3.8, 4) is 5.75 Å². The van der Waals surface area contributed by atoms with Gasteiger partial charge in [-0.05, 0) is 45.0 Å². The van der Waals surface area contributed by atoms with Gasteiger partial charge in [-0.3, -0.25) is 4.79 Å². The Morgan fingerprint density at radius 3 is 2.80 bits per heavy atom. The zero-order valence-corrected chi connectivity index (χ0v) is 13.1. The molecule has 20 heavy (non-hydrogen) atoms. The lowest BCUT2D eigenvalue weighted by molar-refractivity contribution is 0.0743. The number of benzene rings is 1. The topological polar surface area (TPSA) is 41.6 Å². The average molecular weight is 299 g/mol. The summed E-state index contributed by atoms with van der Waals surface area (Å²) in [5.41, 5.74) is 0.688. The summed E-state index contributed by atoms with van der Waals surface area (Å²) in [5, 5.41) is 3.28. The molecule has 1 amide bonds. The molecule has 1 aromatic rings. The number of halogens is 1. The van der Waals surface area contributed by atoms with Crippen LogP contribution in [0.4, 0.5) is 0 Å². The van der Waals surface area contributed by atoms with Gasteiger partial charge in [0.2, 0.25) is 0 Å². The van der Waals surface area contributed by atoms with Gasteiger partial charge in [-0.2, -0.15) is 0 Å². The fraction of sp³-hybridized carbons (Fsp3) is 0.533. The SMILES string of the molecule is CC(C)Oc1cccc(C(=O)N(C)[C@H]2CCNC2)c1.Cl. The molecule has 1 saturated heterocycles. The van der Waals surface area contributed by atoms with Crippen molar-refractivity contribution in [2.24, 2.45) is 0 Å². The van der Waals surface area contributed by atoms with Crippen molar-refractivity contribution in [2.75, 3.05) is 20.1 Å². The molecule has 0 spiro atoms. The van der Waals surface area contributed by atoms with Gasteiger partial charge in [0.1, 0.15) is 5.75 Å². The third kappa shape index (κ3) is 4.12. The highest BCUT2D eigenvalue weighted by molar-refractivity contribution is 5.94. The minimum atomic E-state index is 0. The van der Waals surface area contributed by atoms with Gasteiger partial charge in [-0.25, -0.2) is 0 Å². The molecule has 0 bridgehead atoms. The number of nitrogens with zero attached hydrogens (tertiary/aromatic N) is 1. The van der Waals surface area contributed by atoms with Crippen LogP contribution in [0.3, 0.4) is 0 Å². The monoisotopic (exact) mass is 298 g/mol. The molecule has 0 unspecified atom stereocenters. The molecule has 2 rings (SSSR count). The number of carbonyl (C=O) groups is 1. The van der Waals surface area contributed by atoms with Crippen LogP contribution in [0.5, 0.6) is 5.75 Å². The van der Waals surface area contributed by atoms with Crippen LogP contribution < -0.4 is 10.1 Å². The van der Waals surface area contributed by atoms with Crippen molar-refractivity contribution >= 4 is 18.3 Å². The largest absolute Gasteiger partial charge is 0.491 e. The summed E-state index contributed by atoms with van der Waals surface area (Å²) in [4.78, 5) is 14.2. The molecule has 1 aliphatic heterocycles. The van der Waals surface area contributed by atoms with Gasteiger partial charge in [0.15, 0.2) is 0 Å². The van der Waals surface area contributed by atoms with E-state index in [-0.39, 0.29) is 24.4 Å². The van der Waals surface area contributed by atoms with Crippen LogP contribution in [-0.4, -0.2) is 43.1 Å². The molecule has 0 aromatic heterocycles. The summed E-state index contributed by atoms with van der Waals surface area (Å²) in [7, 11) is 1.87. The first-order chi connectivity index (χ1) is 9.08. The quantitative estimate of drug-likeness (QED) is 0.927. The van der Waals surface area contributed by atoms with Crippen molar-refractivity contribution in [1.29, 1.82) is 0 Å². The minimum Gasteiger partial charge on any atom is -0.491 e. The Hall–Kier alpha value is -1.26. The van der Waals surface area contributed by atoms with E-state index in [0.29, 0.717) is 11.6 Å². The lowest BCUT2D eigenvalue weighted by Crippen LogP contribution is -2.38. The van der Waals surface area contributed by atoms with E-state index in [0.717, 1.165) is 25.3 Å². The number of rotatable bonds is 4. The van der Waals surface area contributed by atoms with Gasteiger partial charge in [0.05, 0.1) is 6.10 Å². The highest BCUT2D eigenvalue weighted by Crippen LogP contribution is 2.18. The summed E-state index contributed by atoms with van der Waals surface area (Å²) >= 11 is 0. The van der Waals surface area contributed by atoms with E-state index in [1.807, 2.05) is 50.1 Å². The van der Waals surface area contributed by atoms with Crippen LogP contribution in [0, 0.1) is 0 Å². The van der Waals surface area contributed by atoms with E-state index in [1.54, 1.807) is 0 Å². The number of hydrogen-bond acceptors (Lipinski definition) is 3. The Bertz CT molecular complexity index is 445. The van der Waals surface area contributed by atoms with Gasteiger partial charge < -0.3 is 15.0 Å². The Morgan fingerprint density at radius 2 is 2.20 bits per heavy atom. The molecular weight excluding hydrogens is 276 g/mol. The van der Waals surface area contributed by atoms with E-state index < -0.39 is 0 Å². The standard InChI is InChI=1S/C15H22N2O2.ClH/c1-11(2)19-14-6-4-5-12(9-14)15(18)17(3)13-7-8-16-10-13;/h4-6,9,11,13,16H,7-8,10H2,1-3H3;1H/t13-;/m0./s1. The second-order valence-corrected chi connectivity index (χ2v) is 5.26. The van der Waals surface area contributed by atoms with E-state index in [4.69, 9.17) is 4.74 Å². The van der Waals surface area contributed by atoms with Crippen LogP contribution in [0.2, 0.25) is 0 Å². The summed E-state index contributed by atoms with van der Waals surface area (Å²) < 4.78 is 5.63. The lowest BCUT2D eigenvalue weighted by Gasteiger charge is -2.24. The molecule has 1 aliphatic rings. The first kappa shape index (κ1) is 16.8. The Morgan fingerprint density at radius 1 is 1.45 bits per heavy atom. The first-order valence-corrected chi connectivity index (χ1v) is 6.82. The smallest absolute Gasteiger partial charge is 0.254 e. The number of ether oxygens (including phenoxy) is 1. The van der Waals surface area contributed by atoms with Gasteiger partial charge in [-0.15, -0.1) is 12.4 Å². The van der Waals surface area contributed by atoms with Crippen molar-refractivity contribution in [1.82, 2.24) is 10.2 Å². The maximum absolute atomic E-state index is 12.4. The highest BCUT2D eigenvalue weighted by atomic mass is 35.5. The van der Waals surface area contributed by atoms with Crippen molar-refractivity contribution in [3.05, 3.63) is 29.8 Å². The molecule has 112 valence electrons. The van der Waals surface area contributed by atoms with E-state index in [1.165, 1.54) is 0 Å². The van der Waals surface area contributed by atoms with Crippen molar-refractivity contribution in [2.45, 2.75) is 32.4 Å². The molecule has 4 nitrogen and oxygen atoms in total. The van der Waals surface area contributed by atoms with Gasteiger partial charge in [0.25, 0.3) is 5.91 Å². The van der Waals surface area contributed by atoms with Crippen LogP contribution >= 0.6 is 12.4 Å². The molecule has 1 N–H and O–H groups in total. The predicted molar refractivity (Wildman–Crippen MR) is 82.8 cm³/mol. The summed E-state index contributed by atoms with van der Waals surface area (Å²) in [6, 6.07) is 7.71. The molecular formula is C15H23ClN2O2. The van der Waals surface area contributed by atoms with Gasteiger partial charge in [0, 0.05) is 25.2 Å². The number of hydrogen-bond donors (Lipinski definition) is 1. The zero-order valence-electron chi connectivity index (χ0n) is 12.3. The summed E-state index contributed by atoms with van der Waals surface area (Å²) in [5.74, 6) is 0.807.